The molecule has 54 heavy (non-hydrogen) atoms. The van der Waals surface area contributed by atoms with Crippen molar-refractivity contribution in [2.45, 2.75) is 94.3 Å². The van der Waals surface area contributed by atoms with Gasteiger partial charge < -0.3 is 19.5 Å². The number of hydrogen-bond donors (Lipinski definition) is 2. The summed E-state index contributed by atoms with van der Waals surface area (Å²) in [5.74, 6) is 0.278. The van der Waals surface area contributed by atoms with E-state index in [0.29, 0.717) is 38.7 Å². The van der Waals surface area contributed by atoms with Gasteiger partial charge in [0.25, 0.3) is 0 Å². The van der Waals surface area contributed by atoms with Crippen LogP contribution in [0.3, 0.4) is 0 Å². The molecule has 4 aromatic heterocycles. The predicted molar refractivity (Wildman–Crippen MR) is 209 cm³/mol. The maximum atomic E-state index is 15.1. The quantitative estimate of drug-likeness (QED) is 0.151. The number of pyridine rings is 1. The van der Waals surface area contributed by atoms with Gasteiger partial charge in [-0.3, -0.25) is 0 Å². The molecule has 0 amide bonds. The zero-order valence-corrected chi connectivity index (χ0v) is 33.5. The first-order valence-corrected chi connectivity index (χ1v) is 20.1. The summed E-state index contributed by atoms with van der Waals surface area (Å²) in [4.78, 5) is 28.9. The monoisotopic (exact) mass is 796 g/mol. The molecule has 1 spiro atoms. The lowest BCUT2D eigenvalue weighted by atomic mass is 9.73. The zero-order valence-electron chi connectivity index (χ0n) is 31.2. The number of rotatable bonds is 9. The lowest BCUT2D eigenvalue weighted by Crippen LogP contribution is -2.55. The lowest BCUT2D eigenvalue weighted by molar-refractivity contribution is 0.0973. The standard InChI is InChI=1S/C37H43ClF2N10O2S2/c1-20(2)50-22(4)45-32-26(39)12-23(13-28(32)50)31-27(40)16-44-35(47-31)46-24-14-25(38)34(43-15-24)53-30-18-41-29(17-42-30)49-10-8-37(9-11-49)19-52-21(3)33(37)48-54(51)36(5,6)7/h12-18,20-21,33,48H,8-11,19H2,1-7H3,(H,44,46,47)/t21-,33+,54?/m0/s1. The number of ether oxygens (including phenoxy) is 1. The number of piperidine rings is 1. The highest BCUT2D eigenvalue weighted by Gasteiger charge is 2.50. The van der Waals surface area contributed by atoms with Crippen LogP contribution in [0, 0.1) is 24.0 Å². The summed E-state index contributed by atoms with van der Waals surface area (Å²) in [6.07, 6.45) is 7.82. The normalized spacial score (nSPS) is 19.3. The minimum atomic E-state index is -1.18. The van der Waals surface area contributed by atoms with Gasteiger partial charge in [-0.1, -0.05) is 11.6 Å². The van der Waals surface area contributed by atoms with E-state index in [1.165, 1.54) is 17.8 Å². The average molecular weight is 797 g/mol. The Labute approximate surface area is 324 Å². The molecule has 2 fully saturated rings. The number of halogens is 3. The highest BCUT2D eigenvalue weighted by atomic mass is 35.5. The molecule has 1 unspecified atom stereocenters. The number of benzene rings is 1. The fraction of sp³-hybridized carbons (Fsp3) is 0.459. The van der Waals surface area contributed by atoms with Crippen molar-refractivity contribution in [3.63, 3.8) is 0 Å². The molecule has 17 heteroatoms. The number of nitrogens with one attached hydrogen (secondary N) is 2. The van der Waals surface area contributed by atoms with Gasteiger partial charge in [-0.2, -0.15) is 0 Å². The molecular weight excluding hydrogens is 754 g/mol. The van der Waals surface area contributed by atoms with Crippen LogP contribution < -0.4 is 14.9 Å². The van der Waals surface area contributed by atoms with Crippen LogP contribution in [0.25, 0.3) is 22.3 Å². The van der Waals surface area contributed by atoms with Crippen molar-refractivity contribution in [3.8, 4) is 11.3 Å². The van der Waals surface area contributed by atoms with Gasteiger partial charge in [-0.05, 0) is 91.3 Å². The van der Waals surface area contributed by atoms with Crippen LogP contribution in [0.4, 0.5) is 26.2 Å². The maximum absolute atomic E-state index is 15.1. The Balaban J connectivity index is 0.998. The summed E-state index contributed by atoms with van der Waals surface area (Å²) in [6.45, 7) is 16.0. The number of aromatic nitrogens is 7. The maximum Gasteiger partial charge on any atom is 0.227 e. The molecule has 0 aliphatic carbocycles. The van der Waals surface area contributed by atoms with E-state index >= 15 is 8.78 Å². The van der Waals surface area contributed by atoms with Crippen LogP contribution in [-0.4, -0.2) is 75.3 Å². The van der Waals surface area contributed by atoms with E-state index in [-0.39, 0.29) is 51.1 Å². The van der Waals surface area contributed by atoms with Crippen molar-refractivity contribution < 1.29 is 17.7 Å². The van der Waals surface area contributed by atoms with Crippen LogP contribution in [0.1, 0.15) is 66.3 Å². The van der Waals surface area contributed by atoms with Gasteiger partial charge in [0.1, 0.15) is 32.9 Å². The third-order valence-electron chi connectivity index (χ3n) is 9.97. The molecule has 6 heterocycles. The van der Waals surface area contributed by atoms with E-state index in [0.717, 1.165) is 37.9 Å². The average Bonchev–Trinajstić information content (AvgIpc) is 3.62. The first kappa shape index (κ1) is 38.4. The van der Waals surface area contributed by atoms with E-state index in [9.17, 15) is 4.21 Å². The zero-order chi connectivity index (χ0) is 38.5. The van der Waals surface area contributed by atoms with Crippen molar-refractivity contribution in [2.24, 2.45) is 5.41 Å². The first-order valence-electron chi connectivity index (χ1n) is 17.8. The van der Waals surface area contributed by atoms with Gasteiger partial charge >= 0.3 is 0 Å². The van der Waals surface area contributed by atoms with E-state index in [4.69, 9.17) is 21.3 Å². The second-order valence-electron chi connectivity index (χ2n) is 15.1. The minimum absolute atomic E-state index is 0.0153. The van der Waals surface area contributed by atoms with E-state index in [1.54, 1.807) is 30.7 Å². The number of aryl methyl sites for hydroxylation is 1. The molecule has 0 radical (unpaired) electrons. The van der Waals surface area contributed by atoms with E-state index in [2.05, 4.69) is 46.8 Å². The lowest BCUT2D eigenvalue weighted by Gasteiger charge is -2.43. The molecule has 286 valence electrons. The Morgan fingerprint density at radius 2 is 1.78 bits per heavy atom. The van der Waals surface area contributed by atoms with Crippen LogP contribution in [0.15, 0.2) is 53.0 Å². The highest BCUT2D eigenvalue weighted by Crippen LogP contribution is 2.43. The Bertz CT molecular complexity index is 2210. The second kappa shape index (κ2) is 15.0. The molecule has 7 rings (SSSR count). The molecular formula is C37H43ClF2N10O2S2. The summed E-state index contributed by atoms with van der Waals surface area (Å²) in [5, 5.41) is 4.52. The topological polar surface area (TPSA) is 136 Å². The minimum Gasteiger partial charge on any atom is -0.376 e. The van der Waals surface area contributed by atoms with Gasteiger partial charge in [0.05, 0.1) is 75.5 Å². The number of fused-ring (bicyclic) bond motifs is 1. The molecule has 1 aromatic carbocycles. The predicted octanol–water partition coefficient (Wildman–Crippen LogP) is 7.82. The number of nitrogens with zero attached hydrogens (tertiary/aromatic N) is 8. The Hall–Kier alpha value is -3.83. The summed E-state index contributed by atoms with van der Waals surface area (Å²) < 4.78 is 54.2. The first-order chi connectivity index (χ1) is 25.6. The third kappa shape index (κ3) is 7.68. The Morgan fingerprint density at radius 3 is 2.44 bits per heavy atom. The van der Waals surface area contributed by atoms with Crippen LogP contribution in [0.5, 0.6) is 0 Å². The second-order valence-corrected chi connectivity index (χ2v) is 18.5. The van der Waals surface area contributed by atoms with Crippen molar-refractivity contribution in [3.05, 3.63) is 65.5 Å². The third-order valence-corrected chi connectivity index (χ3v) is 12.9. The van der Waals surface area contributed by atoms with Crippen molar-refractivity contribution in [2.75, 3.05) is 29.9 Å². The molecule has 3 atom stereocenters. The van der Waals surface area contributed by atoms with Crippen LogP contribution >= 0.6 is 23.4 Å². The molecule has 2 aliphatic rings. The fourth-order valence-electron chi connectivity index (χ4n) is 7.14. The smallest absolute Gasteiger partial charge is 0.227 e. The molecule has 5 aromatic rings. The molecule has 0 bridgehead atoms. The van der Waals surface area contributed by atoms with Gasteiger partial charge in [0, 0.05) is 30.1 Å². The fourth-order valence-corrected chi connectivity index (χ4v) is 9.12. The van der Waals surface area contributed by atoms with Crippen molar-refractivity contribution in [1.82, 2.24) is 39.2 Å². The SMILES string of the molecule is Cc1nc2c(F)cc(-c3nc(Nc4cnc(Sc5cnc(N6CCC7(CC6)CO[C@@H](C)[C@H]7NS(=O)C(C)(C)C)cn5)c(Cl)c4)ncc3F)cc2n1C(C)C. The molecule has 2 saturated heterocycles. The van der Waals surface area contributed by atoms with Crippen LogP contribution in [-0.2, 0) is 15.7 Å². The van der Waals surface area contributed by atoms with Crippen LogP contribution in [0.2, 0.25) is 5.02 Å². The van der Waals surface area contributed by atoms with Crippen molar-refractivity contribution >= 4 is 62.8 Å². The Kier molecular flexibility index (Phi) is 10.7. The number of hydrogen-bond acceptors (Lipinski definition) is 11. The number of anilines is 3. The number of imidazole rings is 1. The van der Waals surface area contributed by atoms with Gasteiger partial charge in [-0.15, -0.1) is 0 Å². The summed E-state index contributed by atoms with van der Waals surface area (Å²) >= 11 is 7.92. The van der Waals surface area contributed by atoms with Gasteiger partial charge in [-0.25, -0.2) is 47.6 Å². The Morgan fingerprint density at radius 1 is 1.02 bits per heavy atom. The van der Waals surface area contributed by atoms with E-state index in [1.807, 2.05) is 46.1 Å². The van der Waals surface area contributed by atoms with E-state index < -0.39 is 22.6 Å². The largest absolute Gasteiger partial charge is 0.376 e. The van der Waals surface area contributed by atoms with Gasteiger partial charge in [0.15, 0.2) is 11.6 Å². The highest BCUT2D eigenvalue weighted by molar-refractivity contribution is 7.99. The summed E-state index contributed by atoms with van der Waals surface area (Å²) in [7, 11) is -1.18. The summed E-state index contributed by atoms with van der Waals surface area (Å²) in [5.41, 5.74) is 1.38. The summed E-state index contributed by atoms with van der Waals surface area (Å²) in [6, 6.07) is 4.62. The molecule has 2 N–H and O–H groups in total. The molecule has 2 aliphatic heterocycles. The molecule has 12 nitrogen and oxygen atoms in total. The molecule has 0 saturated carbocycles. The van der Waals surface area contributed by atoms with Crippen molar-refractivity contribution in [1.29, 1.82) is 0 Å². The van der Waals surface area contributed by atoms with Gasteiger partial charge in [0.2, 0.25) is 5.95 Å².